The molecule has 1 aromatic carbocycles. The molecule has 1 aromatic rings. The first kappa shape index (κ1) is 20.2. The molecule has 0 saturated heterocycles. The van der Waals surface area contributed by atoms with Gasteiger partial charge in [0.1, 0.15) is 11.5 Å². The van der Waals surface area contributed by atoms with Gasteiger partial charge in [0.2, 0.25) is 0 Å². The summed E-state index contributed by atoms with van der Waals surface area (Å²) in [5.41, 5.74) is 0. The first-order valence-corrected chi connectivity index (χ1v) is 14.6. The Labute approximate surface area is 132 Å². The lowest BCUT2D eigenvalue weighted by Gasteiger charge is -2.23. The van der Waals surface area contributed by atoms with Crippen LogP contribution in [0.25, 0.3) is 0 Å². The number of hydrogen-bond acceptors (Lipinski definition) is 3. The zero-order valence-electron chi connectivity index (χ0n) is 14.9. The maximum Gasteiger partial charge on any atom is 0.114 e. The van der Waals surface area contributed by atoms with Crippen molar-refractivity contribution in [3.05, 3.63) is 12.1 Å². The molecule has 0 bridgehead atoms. The second kappa shape index (κ2) is 8.01. The fraction of sp³-hybridized carbons (Fsp3) is 0.625. The maximum atomic E-state index is 10.1. The van der Waals surface area contributed by atoms with Crippen molar-refractivity contribution in [1.29, 1.82) is 0 Å². The zero-order chi connectivity index (χ0) is 16.8. The largest absolute Gasteiger partial charge is 0.508 e. The van der Waals surface area contributed by atoms with E-state index in [1.807, 2.05) is 13.8 Å². The minimum absolute atomic E-state index is 0.356. The second-order valence-corrected chi connectivity index (χ2v) is 17.2. The molecule has 2 N–H and O–H groups in total. The van der Waals surface area contributed by atoms with Crippen molar-refractivity contribution in [2.75, 3.05) is 13.2 Å². The Morgan fingerprint density at radius 2 is 1.05 bits per heavy atom. The second-order valence-electron chi connectivity index (χ2n) is 7.17. The highest BCUT2D eigenvalue weighted by Gasteiger charge is 2.26. The minimum Gasteiger partial charge on any atom is -0.508 e. The van der Waals surface area contributed by atoms with Gasteiger partial charge in [0.05, 0.1) is 16.1 Å². The summed E-state index contributed by atoms with van der Waals surface area (Å²) in [6.45, 7) is 18.6. The van der Waals surface area contributed by atoms with Gasteiger partial charge < -0.3 is 14.9 Å². The van der Waals surface area contributed by atoms with Crippen molar-refractivity contribution in [3.63, 3.8) is 0 Å². The van der Waals surface area contributed by atoms with Gasteiger partial charge >= 0.3 is 0 Å². The molecule has 0 aromatic heterocycles. The van der Waals surface area contributed by atoms with Gasteiger partial charge in [-0.15, -0.1) is 0 Å². The van der Waals surface area contributed by atoms with Gasteiger partial charge in [0, 0.05) is 13.2 Å². The predicted octanol–water partition coefficient (Wildman–Crippen LogP) is 3.23. The van der Waals surface area contributed by atoms with Crippen LogP contribution in [-0.2, 0) is 4.74 Å². The highest BCUT2D eigenvalue weighted by molar-refractivity contribution is 6.91. The molecule has 0 spiro atoms. The molecule has 5 heteroatoms. The van der Waals surface area contributed by atoms with Gasteiger partial charge in [-0.1, -0.05) is 39.3 Å². The van der Waals surface area contributed by atoms with Crippen LogP contribution in [0.2, 0.25) is 39.3 Å². The molecule has 0 unspecified atom stereocenters. The molecule has 0 atom stereocenters. The lowest BCUT2D eigenvalue weighted by molar-refractivity contribution is 0.162. The van der Waals surface area contributed by atoms with E-state index in [4.69, 9.17) is 4.74 Å². The Kier molecular flexibility index (Phi) is 7.71. The van der Waals surface area contributed by atoms with Crippen LogP contribution in [0, 0.1) is 0 Å². The van der Waals surface area contributed by atoms with E-state index < -0.39 is 16.1 Å². The first-order valence-electron chi connectivity index (χ1n) is 7.59. The Bertz CT molecular complexity index is 404. The van der Waals surface area contributed by atoms with Gasteiger partial charge in [-0.05, 0) is 36.4 Å². The fourth-order valence-electron chi connectivity index (χ4n) is 1.98. The van der Waals surface area contributed by atoms with Crippen molar-refractivity contribution in [1.82, 2.24) is 0 Å². The summed E-state index contributed by atoms with van der Waals surface area (Å²) in [5, 5.41) is 22.0. The molecular formula is C16H32O3Si2. The van der Waals surface area contributed by atoms with E-state index in [1.54, 1.807) is 12.1 Å². The number of phenolic OH excluding ortho intramolecular Hbond substituents is 2. The minimum atomic E-state index is -1.59. The lowest BCUT2D eigenvalue weighted by atomic mass is 10.3. The normalized spacial score (nSPS) is 11.8. The van der Waals surface area contributed by atoms with Crippen LogP contribution in [0.3, 0.4) is 0 Å². The summed E-state index contributed by atoms with van der Waals surface area (Å²) < 4.78 is 4.83. The summed E-state index contributed by atoms with van der Waals surface area (Å²) >= 11 is 0. The number of hydrogen-bond donors (Lipinski definition) is 2. The molecule has 0 saturated carbocycles. The molecule has 0 radical (unpaired) electrons. The van der Waals surface area contributed by atoms with Crippen LogP contribution in [0.4, 0.5) is 0 Å². The molecule has 0 aliphatic heterocycles. The highest BCUT2D eigenvalue weighted by atomic mass is 28.3. The third-order valence-electron chi connectivity index (χ3n) is 3.14. The SMILES string of the molecule is CCOCC.C[Si](C)(C)c1cc(O)c([Si](C)(C)C)cc1O. The van der Waals surface area contributed by atoms with Gasteiger partial charge in [-0.3, -0.25) is 0 Å². The third-order valence-corrected chi connectivity index (χ3v) is 7.17. The molecule has 0 fully saturated rings. The summed E-state index contributed by atoms with van der Waals surface area (Å²) in [6, 6.07) is 3.55. The summed E-state index contributed by atoms with van der Waals surface area (Å²) in [6.07, 6.45) is 0. The number of phenols is 2. The number of aromatic hydroxyl groups is 2. The molecule has 3 nitrogen and oxygen atoms in total. The van der Waals surface area contributed by atoms with Crippen molar-refractivity contribution < 1.29 is 14.9 Å². The van der Waals surface area contributed by atoms with Crippen LogP contribution in [0.1, 0.15) is 13.8 Å². The average Bonchev–Trinajstić information content (AvgIpc) is 2.30. The lowest BCUT2D eigenvalue weighted by Crippen LogP contribution is -2.42. The van der Waals surface area contributed by atoms with E-state index in [-0.39, 0.29) is 0 Å². The van der Waals surface area contributed by atoms with Crippen molar-refractivity contribution in [2.45, 2.75) is 53.1 Å². The highest BCUT2D eigenvalue weighted by Crippen LogP contribution is 2.20. The number of rotatable bonds is 4. The van der Waals surface area contributed by atoms with E-state index in [0.717, 1.165) is 23.6 Å². The van der Waals surface area contributed by atoms with Gasteiger partial charge in [-0.25, -0.2) is 0 Å². The summed E-state index contributed by atoms with van der Waals surface area (Å²) in [7, 11) is -3.17. The van der Waals surface area contributed by atoms with Crippen LogP contribution in [0.15, 0.2) is 12.1 Å². The van der Waals surface area contributed by atoms with E-state index >= 15 is 0 Å². The van der Waals surface area contributed by atoms with Crippen molar-refractivity contribution in [3.8, 4) is 11.5 Å². The monoisotopic (exact) mass is 328 g/mol. The van der Waals surface area contributed by atoms with Crippen LogP contribution in [-0.4, -0.2) is 39.6 Å². The quantitative estimate of drug-likeness (QED) is 0.659. The van der Waals surface area contributed by atoms with Gasteiger partial charge in [-0.2, -0.15) is 0 Å². The Morgan fingerprint density at radius 3 is 1.19 bits per heavy atom. The fourth-order valence-corrected chi connectivity index (χ4v) is 4.80. The maximum absolute atomic E-state index is 10.1. The van der Waals surface area contributed by atoms with E-state index in [1.165, 1.54) is 0 Å². The molecular weight excluding hydrogens is 296 g/mol. The van der Waals surface area contributed by atoms with Gasteiger partial charge in [0.15, 0.2) is 0 Å². The van der Waals surface area contributed by atoms with Gasteiger partial charge in [0.25, 0.3) is 0 Å². The first-order chi connectivity index (χ1) is 9.45. The zero-order valence-corrected chi connectivity index (χ0v) is 16.9. The topological polar surface area (TPSA) is 49.7 Å². The van der Waals surface area contributed by atoms with Crippen molar-refractivity contribution >= 4 is 26.5 Å². The van der Waals surface area contributed by atoms with Crippen LogP contribution >= 0.6 is 0 Å². The standard InChI is InChI=1S/C12H22O2Si2.C4H10O/c1-15(2,3)11-7-10(14)12(8-9(11)13)16(4,5)6;1-3-5-4-2/h7-8,13-14H,1-6H3;3-4H2,1-2H3. The molecule has 0 aliphatic carbocycles. The molecule has 21 heavy (non-hydrogen) atoms. The molecule has 122 valence electrons. The molecule has 0 amide bonds. The number of ether oxygens (including phenoxy) is 1. The van der Waals surface area contributed by atoms with E-state index in [2.05, 4.69) is 39.3 Å². The Balaban J connectivity index is 0.000000690. The summed E-state index contributed by atoms with van der Waals surface area (Å²) in [5.74, 6) is 0.712. The Morgan fingerprint density at radius 1 is 0.762 bits per heavy atom. The average molecular weight is 329 g/mol. The van der Waals surface area contributed by atoms with E-state index in [0.29, 0.717) is 11.5 Å². The van der Waals surface area contributed by atoms with E-state index in [9.17, 15) is 10.2 Å². The Hall–Kier alpha value is -0.786. The third kappa shape index (κ3) is 6.67. The number of benzene rings is 1. The molecule has 0 aliphatic rings. The van der Waals surface area contributed by atoms with Crippen LogP contribution < -0.4 is 10.4 Å². The smallest absolute Gasteiger partial charge is 0.114 e. The predicted molar refractivity (Wildman–Crippen MR) is 97.9 cm³/mol. The summed E-state index contributed by atoms with van der Waals surface area (Å²) in [4.78, 5) is 0. The van der Waals surface area contributed by atoms with Crippen LogP contribution in [0.5, 0.6) is 11.5 Å². The molecule has 1 rings (SSSR count). The van der Waals surface area contributed by atoms with Crippen molar-refractivity contribution in [2.24, 2.45) is 0 Å². The molecule has 0 heterocycles.